The van der Waals surface area contributed by atoms with E-state index in [1.54, 1.807) is 13.3 Å². The molecule has 4 nitrogen and oxygen atoms in total. The molecule has 0 atom stereocenters. The maximum Gasteiger partial charge on any atom is 0.136 e. The molecule has 0 unspecified atom stereocenters. The van der Waals surface area contributed by atoms with Gasteiger partial charge in [0, 0.05) is 28.2 Å². The third kappa shape index (κ3) is 3.59. The summed E-state index contributed by atoms with van der Waals surface area (Å²) in [5.74, 6) is 0.778. The first-order chi connectivity index (χ1) is 13.8. The number of nitriles is 1. The number of aromatic nitrogens is 1. The number of ether oxygens (including phenoxy) is 1. The van der Waals surface area contributed by atoms with Crippen molar-refractivity contribution in [1.29, 1.82) is 5.26 Å². The van der Waals surface area contributed by atoms with Crippen molar-refractivity contribution in [2.75, 3.05) is 12.4 Å². The van der Waals surface area contributed by atoms with Crippen LogP contribution in [0.15, 0.2) is 78.3 Å². The predicted molar refractivity (Wildman–Crippen MR) is 115 cm³/mol. The molecular weight excluding hydrogens is 366 g/mol. The van der Waals surface area contributed by atoms with Crippen molar-refractivity contribution in [3.05, 3.63) is 83.3 Å². The van der Waals surface area contributed by atoms with E-state index in [4.69, 9.17) is 4.74 Å². The van der Waals surface area contributed by atoms with Crippen LogP contribution in [0.4, 0.5) is 5.69 Å². The number of rotatable bonds is 5. The molecule has 0 aliphatic rings. The van der Waals surface area contributed by atoms with Crippen molar-refractivity contribution in [3.63, 3.8) is 0 Å². The first-order valence-electron chi connectivity index (χ1n) is 8.73. The third-order valence-electron chi connectivity index (χ3n) is 4.38. The number of nitrogens with one attached hydrogen (secondary N) is 1. The van der Waals surface area contributed by atoms with Crippen LogP contribution in [0.3, 0.4) is 0 Å². The Balaban J connectivity index is 1.62. The maximum atomic E-state index is 9.62. The van der Waals surface area contributed by atoms with Gasteiger partial charge < -0.3 is 10.1 Å². The quantitative estimate of drug-likeness (QED) is 0.433. The number of anilines is 1. The SMILES string of the molecule is COc1cccc(-c2csc(C(C#N)=CNc3cccc4ccccc34)n2)c1. The second-order valence-electron chi connectivity index (χ2n) is 6.11. The van der Waals surface area contributed by atoms with Gasteiger partial charge in [0.25, 0.3) is 0 Å². The summed E-state index contributed by atoms with van der Waals surface area (Å²) in [6, 6.07) is 24.2. The van der Waals surface area contributed by atoms with Gasteiger partial charge in [-0.05, 0) is 23.6 Å². The largest absolute Gasteiger partial charge is 0.497 e. The second-order valence-corrected chi connectivity index (χ2v) is 6.97. The average Bonchev–Trinajstić information content (AvgIpc) is 3.24. The molecule has 136 valence electrons. The summed E-state index contributed by atoms with van der Waals surface area (Å²) >= 11 is 1.45. The molecule has 3 aromatic carbocycles. The molecule has 1 heterocycles. The van der Waals surface area contributed by atoms with Gasteiger partial charge in [-0.2, -0.15) is 5.26 Å². The van der Waals surface area contributed by atoms with Gasteiger partial charge in [0.15, 0.2) is 0 Å². The van der Waals surface area contributed by atoms with Gasteiger partial charge in [-0.15, -0.1) is 11.3 Å². The van der Waals surface area contributed by atoms with Crippen molar-refractivity contribution < 1.29 is 4.74 Å². The normalized spacial score (nSPS) is 11.2. The zero-order valence-electron chi connectivity index (χ0n) is 15.2. The molecule has 0 saturated carbocycles. The summed E-state index contributed by atoms with van der Waals surface area (Å²) in [5.41, 5.74) is 3.23. The number of hydrogen-bond acceptors (Lipinski definition) is 5. The number of fused-ring (bicyclic) bond motifs is 1. The Morgan fingerprint density at radius 2 is 1.93 bits per heavy atom. The van der Waals surface area contributed by atoms with Gasteiger partial charge in [0.1, 0.15) is 22.4 Å². The molecular formula is C23H17N3OS. The fourth-order valence-electron chi connectivity index (χ4n) is 2.96. The van der Waals surface area contributed by atoms with E-state index >= 15 is 0 Å². The maximum absolute atomic E-state index is 9.62. The molecule has 0 amide bonds. The van der Waals surface area contributed by atoms with Crippen LogP contribution in [0.2, 0.25) is 0 Å². The Labute approximate surface area is 167 Å². The van der Waals surface area contributed by atoms with Gasteiger partial charge in [-0.1, -0.05) is 48.5 Å². The van der Waals surface area contributed by atoms with Gasteiger partial charge in [0.2, 0.25) is 0 Å². The van der Waals surface area contributed by atoms with Crippen molar-refractivity contribution in [1.82, 2.24) is 4.98 Å². The lowest BCUT2D eigenvalue weighted by atomic mass is 10.1. The minimum absolute atomic E-state index is 0.493. The zero-order valence-corrected chi connectivity index (χ0v) is 16.0. The van der Waals surface area contributed by atoms with E-state index in [0.717, 1.165) is 33.5 Å². The molecule has 0 aliphatic heterocycles. The lowest BCUT2D eigenvalue weighted by Crippen LogP contribution is -1.92. The summed E-state index contributed by atoms with van der Waals surface area (Å²) in [7, 11) is 1.64. The zero-order chi connectivity index (χ0) is 19.3. The van der Waals surface area contributed by atoms with Crippen LogP contribution in [0.25, 0.3) is 27.6 Å². The van der Waals surface area contributed by atoms with Gasteiger partial charge in [-0.3, -0.25) is 0 Å². The smallest absolute Gasteiger partial charge is 0.136 e. The highest BCUT2D eigenvalue weighted by Gasteiger charge is 2.10. The van der Waals surface area contributed by atoms with Crippen LogP contribution < -0.4 is 10.1 Å². The van der Waals surface area contributed by atoms with Crippen molar-refractivity contribution in [3.8, 4) is 23.1 Å². The summed E-state index contributed by atoms with van der Waals surface area (Å²) < 4.78 is 5.28. The minimum atomic E-state index is 0.493. The Morgan fingerprint density at radius 1 is 1.11 bits per heavy atom. The van der Waals surface area contributed by atoms with E-state index in [0.29, 0.717) is 10.6 Å². The van der Waals surface area contributed by atoms with Crippen molar-refractivity contribution in [2.24, 2.45) is 0 Å². The molecule has 0 radical (unpaired) electrons. The highest BCUT2D eigenvalue weighted by molar-refractivity contribution is 7.11. The number of allylic oxidation sites excluding steroid dienone is 1. The van der Waals surface area contributed by atoms with Crippen molar-refractivity contribution in [2.45, 2.75) is 0 Å². The Kier molecular flexibility index (Phi) is 5.05. The number of thiazole rings is 1. The molecule has 5 heteroatoms. The molecule has 1 aromatic heterocycles. The molecule has 0 aliphatic carbocycles. The Hall–Kier alpha value is -3.62. The highest BCUT2D eigenvalue weighted by atomic mass is 32.1. The molecule has 4 aromatic rings. The van der Waals surface area contributed by atoms with E-state index in [2.05, 4.69) is 34.6 Å². The minimum Gasteiger partial charge on any atom is -0.497 e. The lowest BCUT2D eigenvalue weighted by Gasteiger charge is -2.06. The molecule has 28 heavy (non-hydrogen) atoms. The van der Waals surface area contributed by atoms with Crippen LogP contribution >= 0.6 is 11.3 Å². The monoisotopic (exact) mass is 383 g/mol. The second kappa shape index (κ2) is 7.95. The van der Waals surface area contributed by atoms with Crippen LogP contribution in [0, 0.1) is 11.3 Å². The Morgan fingerprint density at radius 3 is 2.79 bits per heavy atom. The first kappa shape index (κ1) is 17.8. The van der Waals surface area contributed by atoms with E-state index in [1.165, 1.54) is 11.3 Å². The molecule has 0 bridgehead atoms. The number of nitrogens with zero attached hydrogens (tertiary/aromatic N) is 2. The van der Waals surface area contributed by atoms with Crippen LogP contribution in [-0.2, 0) is 0 Å². The summed E-state index contributed by atoms with van der Waals surface area (Å²) in [6.07, 6.45) is 1.72. The lowest BCUT2D eigenvalue weighted by molar-refractivity contribution is 0.415. The van der Waals surface area contributed by atoms with Crippen molar-refractivity contribution >= 4 is 33.4 Å². The fraction of sp³-hybridized carbons (Fsp3) is 0.0435. The topological polar surface area (TPSA) is 57.9 Å². The highest BCUT2D eigenvalue weighted by Crippen LogP contribution is 2.29. The Bertz CT molecular complexity index is 1200. The molecule has 1 N–H and O–H groups in total. The van der Waals surface area contributed by atoms with E-state index < -0.39 is 0 Å². The van der Waals surface area contributed by atoms with E-state index in [-0.39, 0.29) is 0 Å². The van der Waals surface area contributed by atoms with E-state index in [9.17, 15) is 5.26 Å². The summed E-state index contributed by atoms with van der Waals surface area (Å²) in [4.78, 5) is 4.63. The molecule has 0 spiro atoms. The molecule has 0 fully saturated rings. The number of methoxy groups -OCH3 is 1. The summed E-state index contributed by atoms with van der Waals surface area (Å²) in [6.45, 7) is 0. The van der Waals surface area contributed by atoms with Crippen LogP contribution in [-0.4, -0.2) is 12.1 Å². The predicted octanol–water partition coefficient (Wildman–Crippen LogP) is 5.95. The van der Waals surface area contributed by atoms with E-state index in [1.807, 2.05) is 53.9 Å². The first-order valence-corrected chi connectivity index (χ1v) is 9.61. The van der Waals surface area contributed by atoms with Crippen LogP contribution in [0.5, 0.6) is 5.75 Å². The standard InChI is InChI=1S/C23H17N3OS/c1-27-19-9-4-8-17(12-19)22-15-28-23(26-22)18(13-24)14-25-21-11-5-7-16-6-2-3-10-20(16)21/h2-12,14-15,25H,1H3. The van der Waals surface area contributed by atoms with Gasteiger partial charge >= 0.3 is 0 Å². The average molecular weight is 383 g/mol. The van der Waals surface area contributed by atoms with Crippen LogP contribution in [0.1, 0.15) is 5.01 Å². The third-order valence-corrected chi connectivity index (χ3v) is 5.26. The number of hydrogen-bond donors (Lipinski definition) is 1. The summed E-state index contributed by atoms with van der Waals surface area (Å²) in [5, 5.41) is 17.8. The fourth-order valence-corrected chi connectivity index (χ4v) is 3.75. The molecule has 4 rings (SSSR count). The molecule has 0 saturated heterocycles. The number of benzene rings is 3. The van der Waals surface area contributed by atoms with Gasteiger partial charge in [0.05, 0.1) is 12.8 Å². The van der Waals surface area contributed by atoms with Gasteiger partial charge in [-0.25, -0.2) is 4.98 Å².